The number of aryl methyl sites for hydroxylation is 2. The summed E-state index contributed by atoms with van der Waals surface area (Å²) in [6.45, 7) is 4.18. The average molecular weight is 365 g/mol. The number of carbonyl (C=O) groups is 2. The van der Waals surface area contributed by atoms with Crippen molar-refractivity contribution in [3.8, 4) is 0 Å². The lowest BCUT2D eigenvalue weighted by atomic mass is 10.1. The predicted octanol–water partition coefficient (Wildman–Crippen LogP) is 1.74. The number of H-pyrrole nitrogens is 1. The number of piperazine rings is 1. The summed E-state index contributed by atoms with van der Waals surface area (Å²) in [7, 11) is 1.97. The Balaban J connectivity index is 1.40. The molecule has 4 rings (SSSR count). The first-order valence-corrected chi connectivity index (χ1v) is 9.15. The third kappa shape index (κ3) is 3.32. The molecule has 0 spiro atoms. The van der Waals surface area contributed by atoms with Crippen LogP contribution in [0.25, 0.3) is 11.0 Å². The number of fused-ring (bicyclic) bond motifs is 1. The molecule has 0 aliphatic carbocycles. The number of imidazole rings is 1. The summed E-state index contributed by atoms with van der Waals surface area (Å²) < 4.78 is 2.01. The molecule has 3 heterocycles. The Bertz CT molecular complexity index is 981. The van der Waals surface area contributed by atoms with Crippen molar-refractivity contribution < 1.29 is 9.59 Å². The number of aromatic amines is 1. The van der Waals surface area contributed by atoms with E-state index in [4.69, 9.17) is 0 Å². The van der Waals surface area contributed by atoms with Gasteiger partial charge in [0.25, 0.3) is 5.91 Å². The van der Waals surface area contributed by atoms with Gasteiger partial charge < -0.3 is 19.4 Å². The van der Waals surface area contributed by atoms with Gasteiger partial charge in [0.1, 0.15) is 5.82 Å². The van der Waals surface area contributed by atoms with Gasteiger partial charge in [-0.1, -0.05) is 0 Å². The van der Waals surface area contributed by atoms with Gasteiger partial charge in [0.05, 0.1) is 17.5 Å². The van der Waals surface area contributed by atoms with Crippen LogP contribution in [-0.4, -0.2) is 62.3 Å². The Morgan fingerprint density at radius 2 is 1.85 bits per heavy atom. The lowest BCUT2D eigenvalue weighted by Crippen LogP contribution is -2.51. The molecule has 0 saturated carbocycles. The molecule has 7 nitrogen and oxygen atoms in total. The van der Waals surface area contributed by atoms with Crippen molar-refractivity contribution in [3.05, 3.63) is 53.6 Å². The van der Waals surface area contributed by atoms with Crippen molar-refractivity contribution in [1.82, 2.24) is 24.3 Å². The highest BCUT2D eigenvalue weighted by molar-refractivity contribution is 5.97. The van der Waals surface area contributed by atoms with Gasteiger partial charge in [-0.25, -0.2) is 4.98 Å². The van der Waals surface area contributed by atoms with E-state index in [-0.39, 0.29) is 11.8 Å². The highest BCUT2D eigenvalue weighted by Crippen LogP contribution is 2.18. The zero-order valence-corrected chi connectivity index (χ0v) is 15.6. The summed E-state index contributed by atoms with van der Waals surface area (Å²) in [4.78, 5) is 36.4. The second-order valence-electron chi connectivity index (χ2n) is 6.97. The van der Waals surface area contributed by atoms with Crippen LogP contribution in [0.3, 0.4) is 0 Å². The number of nitrogens with one attached hydrogen (secondary N) is 1. The molecule has 1 aliphatic heterocycles. The van der Waals surface area contributed by atoms with Crippen molar-refractivity contribution in [2.24, 2.45) is 7.05 Å². The lowest BCUT2D eigenvalue weighted by Gasteiger charge is -2.34. The molecular weight excluding hydrogens is 342 g/mol. The molecular formula is C20H23N5O2. The van der Waals surface area contributed by atoms with E-state index in [0.717, 1.165) is 22.6 Å². The summed E-state index contributed by atoms with van der Waals surface area (Å²) in [6.07, 6.45) is 2.19. The van der Waals surface area contributed by atoms with Crippen molar-refractivity contribution >= 4 is 22.8 Å². The van der Waals surface area contributed by atoms with Crippen LogP contribution in [0.5, 0.6) is 0 Å². The number of nitrogens with zero attached hydrogens (tertiary/aromatic N) is 4. The van der Waals surface area contributed by atoms with Gasteiger partial charge in [-0.2, -0.15) is 0 Å². The molecule has 2 aromatic heterocycles. The summed E-state index contributed by atoms with van der Waals surface area (Å²) in [5.41, 5.74) is 3.41. The fraction of sp³-hybridized carbons (Fsp3) is 0.350. The Labute approximate surface area is 157 Å². The first-order chi connectivity index (χ1) is 13.0. The molecule has 7 heteroatoms. The van der Waals surface area contributed by atoms with Gasteiger partial charge in [-0.3, -0.25) is 9.59 Å². The largest absolute Gasteiger partial charge is 0.365 e. The van der Waals surface area contributed by atoms with Gasteiger partial charge in [0.2, 0.25) is 5.91 Å². The van der Waals surface area contributed by atoms with Crippen LogP contribution < -0.4 is 0 Å². The van der Waals surface area contributed by atoms with Crippen molar-refractivity contribution in [3.63, 3.8) is 0 Å². The molecule has 0 atom stereocenters. The van der Waals surface area contributed by atoms with Gasteiger partial charge >= 0.3 is 0 Å². The maximum absolute atomic E-state index is 12.9. The quantitative estimate of drug-likeness (QED) is 0.768. The average Bonchev–Trinajstić information content (AvgIpc) is 3.29. The van der Waals surface area contributed by atoms with Crippen LogP contribution in [-0.2, 0) is 18.3 Å². The van der Waals surface area contributed by atoms with Crippen molar-refractivity contribution in [2.45, 2.75) is 13.3 Å². The number of amides is 2. The van der Waals surface area contributed by atoms with E-state index < -0.39 is 0 Å². The summed E-state index contributed by atoms with van der Waals surface area (Å²) in [5, 5.41) is 0. The second-order valence-corrected chi connectivity index (χ2v) is 6.97. The minimum atomic E-state index is -0.00308. The van der Waals surface area contributed by atoms with Crippen molar-refractivity contribution in [1.29, 1.82) is 0 Å². The van der Waals surface area contributed by atoms with Crippen LogP contribution in [0, 0.1) is 6.92 Å². The summed E-state index contributed by atoms with van der Waals surface area (Å²) in [5.74, 6) is 1.01. The number of hydrogen-bond acceptors (Lipinski definition) is 3. The van der Waals surface area contributed by atoms with Crippen molar-refractivity contribution in [2.75, 3.05) is 26.2 Å². The molecule has 0 bridgehead atoms. The standard InChI is InChI=1S/C20H23N5O2/c1-14-22-17-12-15(5-6-18(17)23(14)2)20(27)25-10-8-24(9-11-25)19(26)13-16-4-3-7-21-16/h3-7,12,21H,8-11,13H2,1-2H3. The third-order valence-corrected chi connectivity index (χ3v) is 5.28. The van der Waals surface area contributed by atoms with E-state index in [9.17, 15) is 9.59 Å². The normalized spacial score (nSPS) is 14.7. The summed E-state index contributed by atoms with van der Waals surface area (Å²) >= 11 is 0. The lowest BCUT2D eigenvalue weighted by molar-refractivity contribution is -0.132. The number of rotatable bonds is 3. The first kappa shape index (κ1) is 17.3. The highest BCUT2D eigenvalue weighted by Gasteiger charge is 2.25. The molecule has 0 radical (unpaired) electrons. The van der Waals surface area contributed by atoms with Crippen LogP contribution in [0.15, 0.2) is 36.5 Å². The Kier molecular flexibility index (Phi) is 4.43. The van der Waals surface area contributed by atoms with E-state index in [1.807, 2.05) is 64.9 Å². The molecule has 1 fully saturated rings. The molecule has 1 aromatic carbocycles. The zero-order valence-electron chi connectivity index (χ0n) is 15.6. The molecule has 1 saturated heterocycles. The van der Waals surface area contributed by atoms with E-state index in [0.29, 0.717) is 38.2 Å². The molecule has 140 valence electrons. The predicted molar refractivity (Wildman–Crippen MR) is 102 cm³/mol. The fourth-order valence-corrected chi connectivity index (χ4v) is 3.55. The Morgan fingerprint density at radius 1 is 1.11 bits per heavy atom. The number of hydrogen-bond donors (Lipinski definition) is 1. The molecule has 1 N–H and O–H groups in total. The topological polar surface area (TPSA) is 74.2 Å². The second kappa shape index (κ2) is 6.90. The zero-order chi connectivity index (χ0) is 19.0. The van der Waals surface area contributed by atoms with Crippen LogP contribution in [0.4, 0.5) is 0 Å². The minimum Gasteiger partial charge on any atom is -0.365 e. The van der Waals surface area contributed by atoms with Gasteiger partial charge in [-0.05, 0) is 37.3 Å². The van der Waals surface area contributed by atoms with Gasteiger partial charge in [0.15, 0.2) is 0 Å². The minimum absolute atomic E-state index is 0.00308. The van der Waals surface area contributed by atoms with E-state index in [1.54, 1.807) is 0 Å². The van der Waals surface area contributed by atoms with E-state index in [2.05, 4.69) is 9.97 Å². The Hall–Kier alpha value is -3.09. The fourth-order valence-electron chi connectivity index (χ4n) is 3.55. The smallest absolute Gasteiger partial charge is 0.254 e. The molecule has 27 heavy (non-hydrogen) atoms. The summed E-state index contributed by atoms with van der Waals surface area (Å²) in [6, 6.07) is 9.45. The number of carbonyl (C=O) groups excluding carboxylic acids is 2. The third-order valence-electron chi connectivity index (χ3n) is 5.28. The molecule has 0 unspecified atom stereocenters. The monoisotopic (exact) mass is 365 g/mol. The first-order valence-electron chi connectivity index (χ1n) is 9.15. The van der Waals surface area contributed by atoms with Crippen LogP contribution >= 0.6 is 0 Å². The number of benzene rings is 1. The molecule has 2 amide bonds. The van der Waals surface area contributed by atoms with Crippen LogP contribution in [0.2, 0.25) is 0 Å². The molecule has 1 aliphatic rings. The maximum Gasteiger partial charge on any atom is 0.254 e. The van der Waals surface area contributed by atoms with Gasteiger partial charge in [0, 0.05) is 50.7 Å². The maximum atomic E-state index is 12.9. The van der Waals surface area contributed by atoms with Crippen LogP contribution in [0.1, 0.15) is 21.9 Å². The number of aromatic nitrogens is 3. The van der Waals surface area contributed by atoms with E-state index >= 15 is 0 Å². The highest BCUT2D eigenvalue weighted by atomic mass is 16.2. The van der Waals surface area contributed by atoms with E-state index in [1.165, 1.54) is 0 Å². The molecule has 3 aromatic rings. The van der Waals surface area contributed by atoms with Gasteiger partial charge in [-0.15, -0.1) is 0 Å². The SMILES string of the molecule is Cc1nc2cc(C(=O)N3CCN(C(=O)Cc4ccc[nH]4)CC3)ccc2n1C. The Morgan fingerprint density at radius 3 is 2.56 bits per heavy atom.